The van der Waals surface area contributed by atoms with Crippen LogP contribution in [0.25, 0.3) is 0 Å². The van der Waals surface area contributed by atoms with E-state index >= 15 is 0 Å². The smallest absolute Gasteiger partial charge is 0.146 e. The van der Waals surface area contributed by atoms with Crippen LogP contribution in [0.5, 0.6) is 0 Å². The van der Waals surface area contributed by atoms with Crippen LogP contribution in [0.3, 0.4) is 0 Å². The van der Waals surface area contributed by atoms with Crippen LogP contribution in [0.1, 0.15) is 6.42 Å². The molecule has 0 aliphatic rings. The number of nitrogens with two attached hydrogens (primary N) is 1. The predicted octanol–water partition coefficient (Wildman–Crippen LogP) is 1.11. The van der Waals surface area contributed by atoms with Gasteiger partial charge in [-0.3, -0.25) is 0 Å². The van der Waals surface area contributed by atoms with E-state index < -0.39 is 17.7 Å². The second kappa shape index (κ2) is 5.77. The van der Waals surface area contributed by atoms with Crippen LogP contribution in [-0.4, -0.2) is 31.3 Å². The van der Waals surface area contributed by atoms with Crippen LogP contribution in [0.15, 0.2) is 18.2 Å². The molecule has 0 spiro atoms. The van der Waals surface area contributed by atoms with Gasteiger partial charge >= 0.3 is 0 Å². The molecule has 0 aromatic heterocycles. The number of hydrogen-bond acceptors (Lipinski definition) is 3. The Labute approximate surface area is 93.5 Å². The van der Waals surface area contributed by atoms with E-state index in [1.54, 1.807) is 7.05 Å². The van der Waals surface area contributed by atoms with Gasteiger partial charge in [0.05, 0.1) is 11.8 Å². The summed E-state index contributed by atoms with van der Waals surface area (Å²) < 4.78 is 26.3. The summed E-state index contributed by atoms with van der Waals surface area (Å²) in [5.41, 5.74) is 5.42. The van der Waals surface area contributed by atoms with Gasteiger partial charge in [0.2, 0.25) is 0 Å². The van der Waals surface area contributed by atoms with Crippen molar-refractivity contribution >= 4 is 5.69 Å². The second-order valence-corrected chi connectivity index (χ2v) is 3.71. The Morgan fingerprint density at radius 2 is 2.12 bits per heavy atom. The third kappa shape index (κ3) is 3.43. The maximum Gasteiger partial charge on any atom is 0.146 e. The van der Waals surface area contributed by atoms with E-state index in [-0.39, 0.29) is 12.2 Å². The molecule has 0 fully saturated rings. The summed E-state index contributed by atoms with van der Waals surface area (Å²) >= 11 is 0. The fraction of sp³-hybridized carbons (Fsp3) is 0.455. The highest BCUT2D eigenvalue weighted by atomic mass is 19.1. The monoisotopic (exact) mass is 230 g/mol. The van der Waals surface area contributed by atoms with Crippen molar-refractivity contribution in [3.63, 3.8) is 0 Å². The fourth-order valence-corrected chi connectivity index (χ4v) is 1.48. The number of halogens is 2. The molecule has 0 saturated heterocycles. The molecule has 16 heavy (non-hydrogen) atoms. The van der Waals surface area contributed by atoms with Crippen LogP contribution < -0.4 is 10.6 Å². The Morgan fingerprint density at radius 3 is 2.75 bits per heavy atom. The van der Waals surface area contributed by atoms with E-state index in [4.69, 9.17) is 5.73 Å². The summed E-state index contributed by atoms with van der Waals surface area (Å²) in [5.74, 6) is -1.01. The molecule has 3 nitrogen and oxygen atoms in total. The van der Waals surface area contributed by atoms with Gasteiger partial charge < -0.3 is 15.7 Å². The lowest BCUT2D eigenvalue weighted by Crippen LogP contribution is -2.31. The molecular weight excluding hydrogens is 214 g/mol. The van der Waals surface area contributed by atoms with E-state index in [2.05, 4.69) is 0 Å². The minimum absolute atomic E-state index is 0.135. The first-order valence-corrected chi connectivity index (χ1v) is 5.09. The first kappa shape index (κ1) is 12.9. The Kier molecular flexibility index (Phi) is 4.64. The third-order valence-electron chi connectivity index (χ3n) is 2.30. The molecule has 1 atom stereocenters. The fourth-order valence-electron chi connectivity index (χ4n) is 1.48. The summed E-state index contributed by atoms with van der Waals surface area (Å²) in [6.45, 7) is 0.582. The zero-order valence-electron chi connectivity index (χ0n) is 9.16. The predicted molar refractivity (Wildman–Crippen MR) is 59.3 cm³/mol. The molecule has 5 heteroatoms. The van der Waals surface area contributed by atoms with Crippen molar-refractivity contribution in [2.24, 2.45) is 5.73 Å². The molecule has 0 saturated carbocycles. The molecule has 3 N–H and O–H groups in total. The minimum Gasteiger partial charge on any atom is -0.391 e. The average Bonchev–Trinajstić information content (AvgIpc) is 2.21. The maximum atomic E-state index is 13.3. The quantitative estimate of drug-likeness (QED) is 0.796. The molecule has 0 radical (unpaired) electrons. The normalized spacial score (nSPS) is 12.6. The van der Waals surface area contributed by atoms with Crippen LogP contribution >= 0.6 is 0 Å². The highest BCUT2D eigenvalue weighted by Gasteiger charge is 2.12. The summed E-state index contributed by atoms with van der Waals surface area (Å²) in [6, 6.07) is 3.23. The molecule has 0 amide bonds. The van der Waals surface area contributed by atoms with Crippen molar-refractivity contribution in [1.29, 1.82) is 0 Å². The minimum atomic E-state index is -0.641. The Bertz CT molecular complexity index is 347. The van der Waals surface area contributed by atoms with Gasteiger partial charge in [0, 0.05) is 19.7 Å². The molecule has 0 bridgehead atoms. The zero-order valence-corrected chi connectivity index (χ0v) is 9.16. The van der Waals surface area contributed by atoms with Crippen molar-refractivity contribution < 1.29 is 13.9 Å². The number of likely N-dealkylation sites (N-methyl/N-ethyl adjacent to an activating group) is 1. The molecule has 1 rings (SSSR count). The van der Waals surface area contributed by atoms with Crippen molar-refractivity contribution in [2.45, 2.75) is 12.5 Å². The van der Waals surface area contributed by atoms with Crippen molar-refractivity contribution in [1.82, 2.24) is 0 Å². The number of aliphatic hydroxyl groups is 1. The van der Waals surface area contributed by atoms with E-state index in [1.807, 2.05) is 0 Å². The van der Waals surface area contributed by atoms with E-state index in [9.17, 15) is 13.9 Å². The topological polar surface area (TPSA) is 49.5 Å². The van der Waals surface area contributed by atoms with Gasteiger partial charge in [-0.1, -0.05) is 0 Å². The van der Waals surface area contributed by atoms with Crippen LogP contribution in [0.4, 0.5) is 14.5 Å². The van der Waals surface area contributed by atoms with Gasteiger partial charge in [-0.2, -0.15) is 0 Å². The summed E-state index contributed by atoms with van der Waals surface area (Å²) in [4.78, 5) is 1.47. The first-order chi connectivity index (χ1) is 7.54. The Morgan fingerprint density at radius 1 is 1.44 bits per heavy atom. The van der Waals surface area contributed by atoms with E-state index in [1.165, 1.54) is 4.90 Å². The van der Waals surface area contributed by atoms with Gasteiger partial charge in [0.1, 0.15) is 11.6 Å². The molecular formula is C11H16F2N2O. The van der Waals surface area contributed by atoms with E-state index in [0.29, 0.717) is 13.0 Å². The first-order valence-electron chi connectivity index (χ1n) is 5.09. The van der Waals surface area contributed by atoms with Gasteiger partial charge in [0.25, 0.3) is 0 Å². The standard InChI is InChI=1S/C11H16F2N2O/c1-15(7-9(16)4-5-14)11-6-8(12)2-3-10(11)13/h2-3,6,9,16H,4-5,7,14H2,1H3. The number of aliphatic hydroxyl groups excluding tert-OH is 1. The van der Waals surface area contributed by atoms with Gasteiger partial charge in [-0.15, -0.1) is 0 Å². The van der Waals surface area contributed by atoms with Crippen LogP contribution in [0.2, 0.25) is 0 Å². The summed E-state index contributed by atoms with van der Waals surface area (Å²) in [6.07, 6.45) is -0.209. The largest absolute Gasteiger partial charge is 0.391 e. The lowest BCUT2D eigenvalue weighted by atomic mass is 10.2. The van der Waals surface area contributed by atoms with Crippen LogP contribution in [-0.2, 0) is 0 Å². The SMILES string of the molecule is CN(CC(O)CCN)c1cc(F)ccc1F. The molecule has 1 unspecified atom stereocenters. The molecule has 0 aliphatic heterocycles. The number of benzene rings is 1. The maximum absolute atomic E-state index is 13.3. The Hall–Kier alpha value is -1.20. The Balaban J connectivity index is 2.72. The third-order valence-corrected chi connectivity index (χ3v) is 2.30. The van der Waals surface area contributed by atoms with Crippen LogP contribution in [0, 0.1) is 11.6 Å². The average molecular weight is 230 g/mol. The highest BCUT2D eigenvalue weighted by Crippen LogP contribution is 2.19. The van der Waals surface area contributed by atoms with Crippen molar-refractivity contribution in [3.05, 3.63) is 29.8 Å². The number of hydrogen-bond donors (Lipinski definition) is 2. The lowest BCUT2D eigenvalue weighted by molar-refractivity contribution is 0.174. The number of anilines is 1. The van der Waals surface area contributed by atoms with Gasteiger partial charge in [-0.05, 0) is 25.1 Å². The van der Waals surface area contributed by atoms with Gasteiger partial charge in [-0.25, -0.2) is 8.78 Å². The molecule has 0 heterocycles. The number of nitrogens with zero attached hydrogens (tertiary/aromatic N) is 1. The van der Waals surface area contributed by atoms with E-state index in [0.717, 1.165) is 18.2 Å². The summed E-state index contributed by atoms with van der Waals surface area (Å²) in [5, 5.41) is 9.50. The number of rotatable bonds is 5. The van der Waals surface area contributed by atoms with Gasteiger partial charge in [0.15, 0.2) is 0 Å². The second-order valence-electron chi connectivity index (χ2n) is 3.71. The van der Waals surface area contributed by atoms with Crippen molar-refractivity contribution in [2.75, 3.05) is 25.0 Å². The lowest BCUT2D eigenvalue weighted by Gasteiger charge is -2.22. The zero-order chi connectivity index (χ0) is 12.1. The molecule has 1 aromatic rings. The molecule has 1 aromatic carbocycles. The van der Waals surface area contributed by atoms with Crippen molar-refractivity contribution in [3.8, 4) is 0 Å². The highest BCUT2D eigenvalue weighted by molar-refractivity contribution is 5.47. The summed E-state index contributed by atoms with van der Waals surface area (Å²) in [7, 11) is 1.59. The molecule has 0 aliphatic carbocycles. The molecule has 90 valence electrons.